The van der Waals surface area contributed by atoms with E-state index in [0.717, 1.165) is 4.57 Å². The SMILES string of the molecule is Cc1nc(Cn2c(=O)n(Cc3cnn(C)c3)c(=O)c3cc(S(=O)(=O)CC4(CF)CC4)ccc32)n(C)n1. The maximum Gasteiger partial charge on any atom is 0.332 e. The van der Waals surface area contributed by atoms with E-state index in [4.69, 9.17) is 0 Å². The van der Waals surface area contributed by atoms with Crippen molar-refractivity contribution in [2.45, 2.75) is 37.8 Å². The van der Waals surface area contributed by atoms with Gasteiger partial charge in [0.2, 0.25) is 0 Å². The number of hydrogen-bond acceptors (Lipinski definition) is 7. The van der Waals surface area contributed by atoms with Gasteiger partial charge in [-0.05, 0) is 38.0 Å². The van der Waals surface area contributed by atoms with Crippen molar-refractivity contribution in [2.24, 2.45) is 19.5 Å². The molecule has 1 aliphatic rings. The van der Waals surface area contributed by atoms with Gasteiger partial charge in [-0.3, -0.25) is 27.7 Å². The highest BCUT2D eigenvalue weighted by Gasteiger charge is 2.46. The minimum atomic E-state index is -3.84. The lowest BCUT2D eigenvalue weighted by Crippen LogP contribution is -2.41. The fourth-order valence-electron chi connectivity index (χ4n) is 4.44. The van der Waals surface area contributed by atoms with Crippen LogP contribution in [0.2, 0.25) is 0 Å². The molecule has 3 aromatic heterocycles. The van der Waals surface area contributed by atoms with Crippen LogP contribution in [0.25, 0.3) is 10.9 Å². The molecule has 1 fully saturated rings. The highest BCUT2D eigenvalue weighted by atomic mass is 32.2. The van der Waals surface area contributed by atoms with E-state index < -0.39 is 33.2 Å². The zero-order valence-corrected chi connectivity index (χ0v) is 21.0. The van der Waals surface area contributed by atoms with Gasteiger partial charge >= 0.3 is 5.69 Å². The number of nitrogens with zero attached hydrogens (tertiary/aromatic N) is 7. The Hall–Kier alpha value is -3.61. The molecule has 0 aliphatic heterocycles. The van der Waals surface area contributed by atoms with Gasteiger partial charge in [0.1, 0.15) is 11.6 Å². The van der Waals surface area contributed by atoms with Gasteiger partial charge in [0.15, 0.2) is 9.84 Å². The molecule has 36 heavy (non-hydrogen) atoms. The molecule has 0 spiro atoms. The first-order chi connectivity index (χ1) is 17.0. The third-order valence-corrected chi connectivity index (χ3v) is 8.61. The predicted octanol–water partition coefficient (Wildman–Crippen LogP) is 0.954. The second-order valence-corrected chi connectivity index (χ2v) is 11.5. The summed E-state index contributed by atoms with van der Waals surface area (Å²) in [4.78, 5) is 31.3. The Bertz CT molecular complexity index is 1710. The van der Waals surface area contributed by atoms with E-state index in [9.17, 15) is 22.4 Å². The Morgan fingerprint density at radius 1 is 1.11 bits per heavy atom. The largest absolute Gasteiger partial charge is 0.332 e. The number of sulfone groups is 1. The summed E-state index contributed by atoms with van der Waals surface area (Å²) in [5.74, 6) is 0.714. The topological polar surface area (TPSA) is 127 Å². The molecule has 190 valence electrons. The summed E-state index contributed by atoms with van der Waals surface area (Å²) in [7, 11) is -0.414. The highest BCUT2D eigenvalue weighted by molar-refractivity contribution is 7.91. The summed E-state index contributed by atoms with van der Waals surface area (Å²) >= 11 is 0. The third-order valence-electron chi connectivity index (χ3n) is 6.65. The van der Waals surface area contributed by atoms with Crippen molar-refractivity contribution in [2.75, 3.05) is 12.4 Å². The van der Waals surface area contributed by atoms with Gasteiger partial charge in [0.25, 0.3) is 5.56 Å². The minimum Gasteiger partial charge on any atom is -0.286 e. The number of halogens is 1. The molecule has 0 bridgehead atoms. The zero-order chi connectivity index (χ0) is 25.8. The first-order valence-electron chi connectivity index (χ1n) is 11.4. The van der Waals surface area contributed by atoms with Crippen molar-refractivity contribution in [3.63, 3.8) is 0 Å². The summed E-state index contributed by atoms with van der Waals surface area (Å²) < 4.78 is 45.2. The van der Waals surface area contributed by atoms with Gasteiger partial charge in [-0.2, -0.15) is 10.2 Å². The summed E-state index contributed by atoms with van der Waals surface area (Å²) in [5.41, 5.74) is -1.11. The first kappa shape index (κ1) is 24.1. The molecular weight excluding hydrogens is 489 g/mol. The second kappa shape index (κ2) is 8.50. The molecule has 11 nitrogen and oxygen atoms in total. The Balaban J connectivity index is 1.69. The van der Waals surface area contributed by atoms with Crippen molar-refractivity contribution in [1.29, 1.82) is 0 Å². The van der Waals surface area contributed by atoms with Crippen molar-refractivity contribution in [1.82, 2.24) is 33.7 Å². The van der Waals surface area contributed by atoms with Gasteiger partial charge in [0.05, 0.1) is 47.5 Å². The van der Waals surface area contributed by atoms with Crippen molar-refractivity contribution in [3.8, 4) is 0 Å². The van der Waals surface area contributed by atoms with Crippen LogP contribution in [0.1, 0.15) is 30.1 Å². The molecule has 1 aliphatic carbocycles. The fourth-order valence-corrected chi connectivity index (χ4v) is 6.35. The molecule has 1 saturated carbocycles. The number of aromatic nitrogens is 7. The Labute approximate surface area is 205 Å². The van der Waals surface area contributed by atoms with Crippen LogP contribution in [-0.2, 0) is 37.0 Å². The Kier molecular flexibility index (Phi) is 5.69. The van der Waals surface area contributed by atoms with E-state index in [0.29, 0.717) is 30.1 Å². The monoisotopic (exact) mass is 515 g/mol. The number of aryl methyl sites for hydroxylation is 3. The highest BCUT2D eigenvalue weighted by Crippen LogP contribution is 2.47. The smallest absolute Gasteiger partial charge is 0.286 e. The van der Waals surface area contributed by atoms with E-state index >= 15 is 0 Å². The molecule has 0 atom stereocenters. The van der Waals surface area contributed by atoms with Gasteiger partial charge in [0, 0.05) is 31.3 Å². The molecule has 13 heteroatoms. The predicted molar refractivity (Wildman–Crippen MR) is 129 cm³/mol. The molecular formula is C23H26FN7O4S. The van der Waals surface area contributed by atoms with E-state index in [1.807, 2.05) is 0 Å². The van der Waals surface area contributed by atoms with E-state index in [1.165, 1.54) is 22.8 Å². The maximum absolute atomic E-state index is 13.5. The lowest BCUT2D eigenvalue weighted by atomic mass is 10.2. The van der Waals surface area contributed by atoms with E-state index in [2.05, 4.69) is 15.2 Å². The molecule has 1 aromatic carbocycles. The van der Waals surface area contributed by atoms with Crippen LogP contribution >= 0.6 is 0 Å². The zero-order valence-electron chi connectivity index (χ0n) is 20.2. The first-order valence-corrected chi connectivity index (χ1v) is 13.1. The lowest BCUT2D eigenvalue weighted by molar-refractivity contribution is 0.367. The lowest BCUT2D eigenvalue weighted by Gasteiger charge is -2.15. The molecule has 0 N–H and O–H groups in total. The molecule has 4 aromatic rings. The van der Waals surface area contributed by atoms with Gasteiger partial charge in [-0.15, -0.1) is 0 Å². The maximum atomic E-state index is 13.5. The molecule has 0 radical (unpaired) electrons. The van der Waals surface area contributed by atoms with Gasteiger partial charge < -0.3 is 0 Å². The third kappa shape index (κ3) is 4.27. The van der Waals surface area contributed by atoms with Gasteiger partial charge in [-0.25, -0.2) is 18.2 Å². The summed E-state index contributed by atoms with van der Waals surface area (Å²) in [6.45, 7) is 1.02. The second-order valence-electron chi connectivity index (χ2n) is 9.55. The molecule has 5 rings (SSSR count). The molecule has 0 unspecified atom stereocenters. The number of fused-ring (bicyclic) bond motifs is 1. The number of benzene rings is 1. The number of rotatable bonds is 8. The Morgan fingerprint density at radius 3 is 2.44 bits per heavy atom. The Morgan fingerprint density at radius 2 is 1.86 bits per heavy atom. The van der Waals surface area contributed by atoms with Crippen LogP contribution in [0.15, 0.2) is 45.1 Å². The normalized spacial score (nSPS) is 15.0. The average Bonchev–Trinajstić information content (AvgIpc) is 3.35. The van der Waals surface area contributed by atoms with Crippen LogP contribution in [0.4, 0.5) is 4.39 Å². The quantitative estimate of drug-likeness (QED) is 0.342. The van der Waals surface area contributed by atoms with Crippen molar-refractivity contribution >= 4 is 20.7 Å². The molecule has 0 amide bonds. The van der Waals surface area contributed by atoms with Crippen molar-refractivity contribution in [3.05, 3.63) is 68.6 Å². The summed E-state index contributed by atoms with van der Waals surface area (Å²) in [5, 5.41) is 8.39. The van der Waals surface area contributed by atoms with Crippen LogP contribution in [0.5, 0.6) is 0 Å². The minimum absolute atomic E-state index is 0.0249. The average molecular weight is 516 g/mol. The number of hydrogen-bond donors (Lipinski definition) is 0. The summed E-state index contributed by atoms with van der Waals surface area (Å²) in [6.07, 6.45) is 4.29. The molecule has 0 saturated heterocycles. The van der Waals surface area contributed by atoms with E-state index in [1.54, 1.807) is 42.8 Å². The summed E-state index contributed by atoms with van der Waals surface area (Å²) in [6, 6.07) is 4.12. The van der Waals surface area contributed by atoms with E-state index in [-0.39, 0.29) is 34.6 Å². The fraction of sp³-hybridized carbons (Fsp3) is 0.435. The molecule has 3 heterocycles. The number of alkyl halides is 1. The van der Waals surface area contributed by atoms with Crippen LogP contribution in [0, 0.1) is 12.3 Å². The van der Waals surface area contributed by atoms with Crippen molar-refractivity contribution < 1.29 is 12.8 Å². The standard InChI is InChI=1S/C23H26FN7O4S/c1-15-26-20(29(3)27-15)12-30-19-5-4-17(36(34,35)14-23(13-24)6-7-23)8-18(19)21(32)31(22(30)33)11-16-9-25-28(2)10-16/h4-5,8-10H,6-7,11-14H2,1-3H3. The van der Waals surface area contributed by atoms with Crippen LogP contribution < -0.4 is 11.2 Å². The van der Waals surface area contributed by atoms with Crippen LogP contribution in [-0.4, -0.2) is 54.5 Å². The van der Waals surface area contributed by atoms with Gasteiger partial charge in [-0.1, -0.05) is 0 Å². The van der Waals surface area contributed by atoms with Crippen LogP contribution in [0.3, 0.4) is 0 Å².